The molecule has 0 fully saturated rings. The monoisotopic (exact) mass is 399 g/mol. The van der Waals surface area contributed by atoms with Gasteiger partial charge in [-0.2, -0.15) is 13.2 Å². The molecule has 0 aliphatic heterocycles. The van der Waals surface area contributed by atoms with E-state index in [1.165, 1.54) is 18.2 Å². The minimum absolute atomic E-state index is 0.192. The molecule has 0 atom stereocenters. The lowest BCUT2D eigenvalue weighted by Crippen LogP contribution is -2.20. The van der Waals surface area contributed by atoms with Crippen LogP contribution in [0.1, 0.15) is 11.1 Å². The molecule has 0 aromatic heterocycles. The summed E-state index contributed by atoms with van der Waals surface area (Å²) >= 11 is 0. The van der Waals surface area contributed by atoms with E-state index in [0.29, 0.717) is 5.69 Å². The van der Waals surface area contributed by atoms with Crippen molar-refractivity contribution >= 4 is 34.4 Å². The quantitative estimate of drug-likeness (QED) is 0.482. The number of hydrogen-bond donors (Lipinski definition) is 1. The van der Waals surface area contributed by atoms with Crippen LogP contribution in [-0.4, -0.2) is 18.5 Å². The summed E-state index contributed by atoms with van der Waals surface area (Å²) in [7, 11) is 0. The Morgan fingerprint density at radius 3 is 2.45 bits per heavy atom. The van der Waals surface area contributed by atoms with Crippen LogP contribution in [0, 0.1) is 0 Å². The van der Waals surface area contributed by atoms with Gasteiger partial charge in [0.15, 0.2) is 6.61 Å². The Labute approximate surface area is 164 Å². The van der Waals surface area contributed by atoms with Gasteiger partial charge < -0.3 is 10.1 Å². The fourth-order valence-electron chi connectivity index (χ4n) is 2.63. The summed E-state index contributed by atoms with van der Waals surface area (Å²) in [6.45, 7) is -0.515. The molecule has 0 unspecified atom stereocenters. The summed E-state index contributed by atoms with van der Waals surface area (Å²) < 4.78 is 42.9. The fourth-order valence-corrected chi connectivity index (χ4v) is 2.63. The third kappa shape index (κ3) is 5.68. The second-order valence-corrected chi connectivity index (χ2v) is 6.17. The number of hydrogen-bond acceptors (Lipinski definition) is 3. The Bertz CT molecular complexity index is 1070. The highest BCUT2D eigenvalue weighted by atomic mass is 19.4. The summed E-state index contributed by atoms with van der Waals surface area (Å²) in [6.07, 6.45) is -2.30. The average Bonchev–Trinajstić information content (AvgIpc) is 2.70. The van der Waals surface area contributed by atoms with Gasteiger partial charge in [0.05, 0.1) is 5.56 Å². The molecule has 0 aliphatic rings. The number of halogens is 3. The van der Waals surface area contributed by atoms with Crippen molar-refractivity contribution in [1.82, 2.24) is 0 Å². The van der Waals surface area contributed by atoms with Gasteiger partial charge in [0.25, 0.3) is 5.91 Å². The molecule has 1 N–H and O–H groups in total. The van der Waals surface area contributed by atoms with Gasteiger partial charge in [-0.25, -0.2) is 4.79 Å². The normalized spacial score (nSPS) is 11.6. The minimum atomic E-state index is -4.47. The molecule has 0 saturated heterocycles. The van der Waals surface area contributed by atoms with Gasteiger partial charge in [0.2, 0.25) is 0 Å². The zero-order valence-electron chi connectivity index (χ0n) is 15.1. The molecule has 7 heteroatoms. The summed E-state index contributed by atoms with van der Waals surface area (Å²) in [4.78, 5) is 23.7. The zero-order chi connectivity index (χ0) is 20.9. The molecule has 4 nitrogen and oxygen atoms in total. The Morgan fingerprint density at radius 2 is 1.69 bits per heavy atom. The molecule has 1 amide bonds. The zero-order valence-corrected chi connectivity index (χ0v) is 15.1. The van der Waals surface area contributed by atoms with E-state index in [9.17, 15) is 22.8 Å². The number of rotatable bonds is 5. The second kappa shape index (κ2) is 8.60. The molecule has 3 aromatic rings. The van der Waals surface area contributed by atoms with Crippen LogP contribution in [0.3, 0.4) is 0 Å². The first kappa shape index (κ1) is 20.1. The predicted molar refractivity (Wildman–Crippen MR) is 104 cm³/mol. The fraction of sp³-hybridized carbons (Fsp3) is 0.0909. The molecule has 0 spiro atoms. The van der Waals surface area contributed by atoms with E-state index in [-0.39, 0.29) is 5.56 Å². The number of amides is 1. The standard InChI is InChI=1S/C22H16F3NO3/c23-22(24,25)18-7-3-4-15(12-18)8-11-21(28)29-14-20(27)26-19-10-9-16-5-1-2-6-17(16)13-19/h1-13H,14H2,(H,26,27)/b11-8+. The van der Waals surface area contributed by atoms with Gasteiger partial charge in [0, 0.05) is 11.8 Å². The summed E-state index contributed by atoms with van der Waals surface area (Å²) in [5.41, 5.74) is -0.0653. The summed E-state index contributed by atoms with van der Waals surface area (Å²) in [5.74, 6) is -1.36. The molecule has 3 rings (SSSR count). The topological polar surface area (TPSA) is 55.4 Å². The first-order valence-electron chi connectivity index (χ1n) is 8.62. The molecular weight excluding hydrogens is 383 g/mol. The van der Waals surface area contributed by atoms with Crippen LogP contribution in [0.4, 0.5) is 18.9 Å². The number of benzene rings is 3. The Balaban J connectivity index is 1.53. The number of nitrogens with one attached hydrogen (secondary N) is 1. The highest BCUT2D eigenvalue weighted by Gasteiger charge is 2.30. The van der Waals surface area contributed by atoms with E-state index < -0.39 is 30.2 Å². The summed E-state index contributed by atoms with van der Waals surface area (Å²) in [5, 5.41) is 4.60. The Hall–Kier alpha value is -3.61. The van der Waals surface area contributed by atoms with Crippen molar-refractivity contribution in [3.63, 3.8) is 0 Å². The van der Waals surface area contributed by atoms with Crippen LogP contribution in [0.2, 0.25) is 0 Å². The number of carbonyl (C=O) groups excluding carboxylic acids is 2. The van der Waals surface area contributed by atoms with E-state index >= 15 is 0 Å². The van der Waals surface area contributed by atoms with Crippen LogP contribution >= 0.6 is 0 Å². The highest BCUT2D eigenvalue weighted by molar-refractivity contribution is 5.96. The number of fused-ring (bicyclic) bond motifs is 1. The SMILES string of the molecule is O=C(COC(=O)/C=C/c1cccc(C(F)(F)F)c1)Nc1ccc2ccccc2c1. The maximum atomic E-state index is 12.7. The van der Waals surface area contributed by atoms with Crippen molar-refractivity contribution in [2.24, 2.45) is 0 Å². The maximum Gasteiger partial charge on any atom is 0.416 e. The van der Waals surface area contributed by atoms with Crippen molar-refractivity contribution in [2.45, 2.75) is 6.18 Å². The van der Waals surface area contributed by atoms with Gasteiger partial charge in [-0.15, -0.1) is 0 Å². The van der Waals surface area contributed by atoms with Gasteiger partial charge in [-0.05, 0) is 46.7 Å². The van der Waals surface area contributed by atoms with E-state index in [2.05, 4.69) is 5.32 Å². The van der Waals surface area contributed by atoms with E-state index in [4.69, 9.17) is 4.74 Å². The van der Waals surface area contributed by atoms with Crippen LogP contribution in [0.15, 0.2) is 72.8 Å². The van der Waals surface area contributed by atoms with Crippen molar-refractivity contribution in [3.8, 4) is 0 Å². The largest absolute Gasteiger partial charge is 0.452 e. The van der Waals surface area contributed by atoms with Crippen molar-refractivity contribution in [1.29, 1.82) is 0 Å². The first-order chi connectivity index (χ1) is 13.8. The van der Waals surface area contributed by atoms with Crippen molar-refractivity contribution in [2.75, 3.05) is 11.9 Å². The van der Waals surface area contributed by atoms with Crippen LogP contribution in [-0.2, 0) is 20.5 Å². The number of anilines is 1. The molecule has 0 saturated carbocycles. The Morgan fingerprint density at radius 1 is 0.931 bits per heavy atom. The maximum absolute atomic E-state index is 12.7. The van der Waals surface area contributed by atoms with Gasteiger partial charge in [-0.3, -0.25) is 4.79 Å². The average molecular weight is 399 g/mol. The number of alkyl halides is 3. The van der Waals surface area contributed by atoms with Crippen molar-refractivity contribution < 1.29 is 27.5 Å². The highest BCUT2D eigenvalue weighted by Crippen LogP contribution is 2.29. The number of esters is 1. The third-order valence-electron chi connectivity index (χ3n) is 4.00. The van der Waals surface area contributed by atoms with Crippen molar-refractivity contribution in [3.05, 3.63) is 83.9 Å². The van der Waals surface area contributed by atoms with Gasteiger partial charge in [-0.1, -0.05) is 42.5 Å². The predicted octanol–water partition coefficient (Wildman–Crippen LogP) is 5.05. The van der Waals surface area contributed by atoms with Crippen LogP contribution in [0.5, 0.6) is 0 Å². The van der Waals surface area contributed by atoms with E-state index in [1.54, 1.807) is 12.1 Å². The molecular formula is C22H16F3NO3. The minimum Gasteiger partial charge on any atom is -0.452 e. The number of carbonyl (C=O) groups is 2. The van der Waals surface area contributed by atoms with Gasteiger partial charge in [0.1, 0.15) is 0 Å². The lowest BCUT2D eigenvalue weighted by Gasteiger charge is -2.07. The molecule has 3 aromatic carbocycles. The molecule has 0 aliphatic carbocycles. The van der Waals surface area contributed by atoms with Gasteiger partial charge >= 0.3 is 12.1 Å². The molecule has 0 bridgehead atoms. The molecule has 0 heterocycles. The van der Waals surface area contributed by atoms with E-state index in [1.807, 2.05) is 30.3 Å². The van der Waals surface area contributed by atoms with Crippen LogP contribution in [0.25, 0.3) is 16.8 Å². The lowest BCUT2D eigenvalue weighted by molar-refractivity contribution is -0.142. The molecule has 29 heavy (non-hydrogen) atoms. The van der Waals surface area contributed by atoms with E-state index in [0.717, 1.165) is 29.0 Å². The smallest absolute Gasteiger partial charge is 0.416 e. The van der Waals surface area contributed by atoms with Crippen LogP contribution < -0.4 is 5.32 Å². The number of ether oxygens (including phenoxy) is 1. The second-order valence-electron chi connectivity index (χ2n) is 6.17. The first-order valence-corrected chi connectivity index (χ1v) is 8.62. The molecule has 0 radical (unpaired) electrons. The lowest BCUT2D eigenvalue weighted by atomic mass is 10.1. The molecule has 148 valence electrons. The Kier molecular flexibility index (Phi) is 5.97. The third-order valence-corrected chi connectivity index (χ3v) is 4.00. The summed E-state index contributed by atoms with van der Waals surface area (Å²) in [6, 6.07) is 17.5.